The summed E-state index contributed by atoms with van der Waals surface area (Å²) < 4.78 is 10.6. The molecule has 1 fully saturated rings. The van der Waals surface area contributed by atoms with Crippen LogP contribution in [0.5, 0.6) is 0 Å². The predicted octanol–water partition coefficient (Wildman–Crippen LogP) is 3.20. The highest BCUT2D eigenvalue weighted by molar-refractivity contribution is 5.51. The maximum atomic E-state index is 6.20. The van der Waals surface area contributed by atoms with E-state index >= 15 is 0 Å². The highest BCUT2D eigenvalue weighted by atomic mass is 16.5. The van der Waals surface area contributed by atoms with Gasteiger partial charge in [-0.05, 0) is 30.2 Å². The van der Waals surface area contributed by atoms with Gasteiger partial charge in [0.15, 0.2) is 0 Å². The minimum Gasteiger partial charge on any atom is -0.472 e. The fourth-order valence-corrected chi connectivity index (χ4v) is 3.18. The first-order chi connectivity index (χ1) is 9.50. The van der Waals surface area contributed by atoms with Gasteiger partial charge in [0.1, 0.15) is 6.26 Å². The Morgan fingerprint density at radius 3 is 2.85 bits per heavy atom. The van der Waals surface area contributed by atoms with Crippen molar-refractivity contribution in [2.24, 2.45) is 17.1 Å². The standard InChI is InChI=1S/C15H21N3O2/c1-9-12(16)5-4-11(15(9,2)3)14-17-13(18-20-14)10-6-7-19-8-10/h6-9,11-12H,4-5,16H2,1-3H3. The lowest BCUT2D eigenvalue weighted by atomic mass is 9.61. The molecule has 0 saturated heterocycles. The van der Waals surface area contributed by atoms with E-state index in [1.165, 1.54) is 0 Å². The van der Waals surface area contributed by atoms with E-state index in [1.54, 1.807) is 12.5 Å². The maximum absolute atomic E-state index is 6.20. The van der Waals surface area contributed by atoms with Gasteiger partial charge in [-0.25, -0.2) is 0 Å². The minimum absolute atomic E-state index is 0.0534. The highest BCUT2D eigenvalue weighted by Gasteiger charge is 2.44. The number of furan rings is 1. The van der Waals surface area contributed by atoms with Gasteiger partial charge in [0, 0.05) is 12.0 Å². The van der Waals surface area contributed by atoms with Crippen LogP contribution in [0.2, 0.25) is 0 Å². The summed E-state index contributed by atoms with van der Waals surface area (Å²) in [6, 6.07) is 2.08. The Balaban J connectivity index is 1.89. The fourth-order valence-electron chi connectivity index (χ4n) is 3.18. The summed E-state index contributed by atoms with van der Waals surface area (Å²) in [6.45, 7) is 6.69. The summed E-state index contributed by atoms with van der Waals surface area (Å²) in [5.74, 6) is 1.98. The van der Waals surface area contributed by atoms with Gasteiger partial charge in [-0.2, -0.15) is 4.98 Å². The van der Waals surface area contributed by atoms with Gasteiger partial charge in [0.25, 0.3) is 0 Å². The number of rotatable bonds is 2. The Morgan fingerprint density at radius 2 is 2.15 bits per heavy atom. The Labute approximate surface area is 118 Å². The van der Waals surface area contributed by atoms with Crippen molar-refractivity contribution in [2.45, 2.75) is 45.6 Å². The van der Waals surface area contributed by atoms with Crippen LogP contribution in [-0.2, 0) is 0 Å². The second kappa shape index (κ2) is 4.74. The number of hydrogen-bond acceptors (Lipinski definition) is 5. The number of nitrogens with zero attached hydrogens (tertiary/aromatic N) is 2. The quantitative estimate of drug-likeness (QED) is 0.910. The second-order valence-electron chi connectivity index (χ2n) is 6.37. The van der Waals surface area contributed by atoms with Crippen molar-refractivity contribution in [1.29, 1.82) is 0 Å². The molecule has 2 aromatic heterocycles. The lowest BCUT2D eigenvalue weighted by molar-refractivity contribution is 0.0806. The number of aromatic nitrogens is 2. The molecular weight excluding hydrogens is 254 g/mol. The number of hydrogen-bond donors (Lipinski definition) is 1. The van der Waals surface area contributed by atoms with E-state index in [1.807, 2.05) is 6.07 Å². The van der Waals surface area contributed by atoms with Crippen molar-refractivity contribution >= 4 is 0 Å². The van der Waals surface area contributed by atoms with E-state index < -0.39 is 0 Å². The third-order valence-corrected chi connectivity index (χ3v) is 5.02. The summed E-state index contributed by atoms with van der Waals surface area (Å²) in [6.07, 6.45) is 5.22. The van der Waals surface area contributed by atoms with Crippen LogP contribution in [0.1, 0.15) is 45.4 Å². The van der Waals surface area contributed by atoms with Crippen molar-refractivity contribution in [3.8, 4) is 11.4 Å². The van der Waals surface area contributed by atoms with Crippen molar-refractivity contribution in [2.75, 3.05) is 0 Å². The molecule has 2 N–H and O–H groups in total. The van der Waals surface area contributed by atoms with E-state index in [4.69, 9.17) is 14.7 Å². The molecule has 0 aromatic carbocycles. The molecule has 0 spiro atoms. The van der Waals surface area contributed by atoms with Crippen molar-refractivity contribution < 1.29 is 8.94 Å². The topological polar surface area (TPSA) is 78.1 Å². The SMILES string of the molecule is CC1C(N)CCC(c2nc(-c3ccoc3)no2)C1(C)C. The van der Waals surface area contributed by atoms with Crippen molar-refractivity contribution in [3.05, 3.63) is 24.5 Å². The maximum Gasteiger partial charge on any atom is 0.230 e. The van der Waals surface area contributed by atoms with Gasteiger partial charge >= 0.3 is 0 Å². The van der Waals surface area contributed by atoms with Crippen LogP contribution in [0.25, 0.3) is 11.4 Å². The molecule has 2 aromatic rings. The average molecular weight is 275 g/mol. The van der Waals surface area contributed by atoms with Crippen LogP contribution in [0, 0.1) is 11.3 Å². The molecule has 5 nitrogen and oxygen atoms in total. The largest absolute Gasteiger partial charge is 0.472 e. The van der Waals surface area contributed by atoms with E-state index in [0.29, 0.717) is 17.6 Å². The third kappa shape index (κ3) is 2.06. The zero-order valence-corrected chi connectivity index (χ0v) is 12.2. The average Bonchev–Trinajstić information content (AvgIpc) is 3.06. The molecule has 1 aliphatic rings. The van der Waals surface area contributed by atoms with Gasteiger partial charge in [0.2, 0.25) is 11.7 Å². The van der Waals surface area contributed by atoms with Crippen LogP contribution in [0.3, 0.4) is 0 Å². The predicted molar refractivity (Wildman–Crippen MR) is 74.9 cm³/mol. The first-order valence-corrected chi connectivity index (χ1v) is 7.12. The molecule has 1 aliphatic carbocycles. The van der Waals surface area contributed by atoms with E-state index in [-0.39, 0.29) is 17.4 Å². The molecule has 1 saturated carbocycles. The Hall–Kier alpha value is -1.62. The smallest absolute Gasteiger partial charge is 0.230 e. The Morgan fingerprint density at radius 1 is 1.35 bits per heavy atom. The van der Waals surface area contributed by atoms with Gasteiger partial charge in [-0.1, -0.05) is 25.9 Å². The lowest BCUT2D eigenvalue weighted by Gasteiger charge is -2.45. The molecule has 3 rings (SSSR count). The Kier molecular flexibility index (Phi) is 3.17. The van der Waals surface area contributed by atoms with Gasteiger partial charge < -0.3 is 14.7 Å². The molecule has 20 heavy (non-hydrogen) atoms. The van der Waals surface area contributed by atoms with Crippen LogP contribution < -0.4 is 5.73 Å². The van der Waals surface area contributed by atoms with Crippen LogP contribution in [-0.4, -0.2) is 16.2 Å². The molecule has 5 heteroatoms. The van der Waals surface area contributed by atoms with Crippen molar-refractivity contribution in [1.82, 2.24) is 10.1 Å². The molecule has 0 bridgehead atoms. The number of nitrogens with two attached hydrogens (primary N) is 1. The normalized spacial score (nSPS) is 29.5. The highest BCUT2D eigenvalue weighted by Crippen LogP contribution is 2.49. The minimum atomic E-state index is 0.0534. The van der Waals surface area contributed by atoms with Crippen LogP contribution in [0.4, 0.5) is 0 Å². The lowest BCUT2D eigenvalue weighted by Crippen LogP contribution is -2.45. The fraction of sp³-hybridized carbons (Fsp3) is 0.600. The summed E-state index contributed by atoms with van der Waals surface area (Å²) >= 11 is 0. The first-order valence-electron chi connectivity index (χ1n) is 7.12. The summed E-state index contributed by atoms with van der Waals surface area (Å²) in [7, 11) is 0. The molecule has 3 unspecified atom stereocenters. The van der Waals surface area contributed by atoms with Crippen molar-refractivity contribution in [3.63, 3.8) is 0 Å². The molecule has 3 atom stereocenters. The monoisotopic (exact) mass is 275 g/mol. The van der Waals surface area contributed by atoms with Gasteiger partial charge in [0.05, 0.1) is 11.8 Å². The van der Waals surface area contributed by atoms with E-state index in [2.05, 4.69) is 30.9 Å². The van der Waals surface area contributed by atoms with E-state index in [9.17, 15) is 0 Å². The van der Waals surface area contributed by atoms with Gasteiger partial charge in [-0.3, -0.25) is 0 Å². The summed E-state index contributed by atoms with van der Waals surface area (Å²) in [4.78, 5) is 4.55. The second-order valence-corrected chi connectivity index (χ2v) is 6.37. The third-order valence-electron chi connectivity index (χ3n) is 5.02. The summed E-state index contributed by atoms with van der Waals surface area (Å²) in [5.41, 5.74) is 7.10. The van der Waals surface area contributed by atoms with E-state index in [0.717, 1.165) is 18.4 Å². The Bertz CT molecular complexity index is 574. The molecule has 108 valence electrons. The summed E-state index contributed by atoms with van der Waals surface area (Å²) in [5, 5.41) is 4.07. The molecule has 0 aliphatic heterocycles. The molecular formula is C15H21N3O2. The van der Waals surface area contributed by atoms with Gasteiger partial charge in [-0.15, -0.1) is 0 Å². The molecule has 2 heterocycles. The van der Waals surface area contributed by atoms with Crippen LogP contribution >= 0.6 is 0 Å². The zero-order valence-electron chi connectivity index (χ0n) is 12.2. The zero-order chi connectivity index (χ0) is 14.3. The first kappa shape index (κ1) is 13.4. The molecule has 0 amide bonds. The molecule has 0 radical (unpaired) electrons. The van der Waals surface area contributed by atoms with Crippen LogP contribution in [0.15, 0.2) is 27.5 Å².